The maximum absolute atomic E-state index is 12.0. The summed E-state index contributed by atoms with van der Waals surface area (Å²) < 4.78 is 11.5. The van der Waals surface area contributed by atoms with E-state index in [1.165, 1.54) is 0 Å². The van der Waals surface area contributed by atoms with Crippen LogP contribution in [0.1, 0.15) is 12.5 Å². The molecule has 2 atom stereocenters. The largest absolute Gasteiger partial charge is 0.460 e. The molecule has 0 aliphatic carbocycles. The first-order valence-corrected chi connectivity index (χ1v) is 6.56. The number of carbonyl (C=O) groups excluding carboxylic acids is 1. The van der Waals surface area contributed by atoms with Gasteiger partial charge in [-0.2, -0.15) is 0 Å². The van der Waals surface area contributed by atoms with Crippen LogP contribution < -0.4 is 5.73 Å². The summed E-state index contributed by atoms with van der Waals surface area (Å²) in [5.41, 5.74) is 6.08. The third-order valence-corrected chi connectivity index (χ3v) is 3.74. The third-order valence-electron chi connectivity index (χ3n) is 3.24. The number of halogens is 1. The molecule has 0 spiro atoms. The van der Waals surface area contributed by atoms with Gasteiger partial charge in [0, 0.05) is 10.5 Å². The van der Waals surface area contributed by atoms with Crippen LogP contribution in [-0.2, 0) is 20.9 Å². The monoisotopic (exact) mass is 313 g/mol. The molecule has 2 rings (SSSR count). The van der Waals surface area contributed by atoms with Crippen molar-refractivity contribution in [2.24, 2.45) is 11.1 Å². The number of nitrogens with two attached hydrogens (primary N) is 1. The molecular weight excluding hydrogens is 298 g/mol. The van der Waals surface area contributed by atoms with Gasteiger partial charge in [-0.1, -0.05) is 28.1 Å². The molecule has 1 aliphatic rings. The van der Waals surface area contributed by atoms with Crippen LogP contribution in [0.15, 0.2) is 28.7 Å². The molecule has 0 bridgehead atoms. The van der Waals surface area contributed by atoms with Crippen LogP contribution in [0.5, 0.6) is 0 Å². The second-order valence-electron chi connectivity index (χ2n) is 4.75. The van der Waals surface area contributed by atoms with Gasteiger partial charge in [0.05, 0.1) is 13.2 Å². The van der Waals surface area contributed by atoms with Gasteiger partial charge in [-0.15, -0.1) is 0 Å². The highest BCUT2D eigenvalue weighted by molar-refractivity contribution is 9.10. The molecule has 1 aromatic carbocycles. The van der Waals surface area contributed by atoms with E-state index in [1.54, 1.807) is 6.92 Å². The molecule has 1 heterocycles. The lowest BCUT2D eigenvalue weighted by molar-refractivity contribution is -0.156. The van der Waals surface area contributed by atoms with E-state index >= 15 is 0 Å². The van der Waals surface area contributed by atoms with Crippen molar-refractivity contribution in [3.63, 3.8) is 0 Å². The van der Waals surface area contributed by atoms with Crippen LogP contribution in [0, 0.1) is 5.41 Å². The van der Waals surface area contributed by atoms with Gasteiger partial charge in [0.25, 0.3) is 0 Å². The molecule has 1 aliphatic heterocycles. The molecule has 4 nitrogen and oxygen atoms in total. The number of hydrogen-bond acceptors (Lipinski definition) is 4. The summed E-state index contributed by atoms with van der Waals surface area (Å²) in [4.78, 5) is 12.0. The van der Waals surface area contributed by atoms with Gasteiger partial charge in [0.1, 0.15) is 12.0 Å². The van der Waals surface area contributed by atoms with E-state index in [1.807, 2.05) is 24.3 Å². The molecule has 0 amide bonds. The fraction of sp³-hybridized carbons (Fsp3) is 0.462. The predicted octanol–water partition coefficient (Wildman–Crippen LogP) is 1.86. The quantitative estimate of drug-likeness (QED) is 0.865. The highest BCUT2D eigenvalue weighted by atomic mass is 79.9. The Hall–Kier alpha value is -0.910. The summed E-state index contributed by atoms with van der Waals surface area (Å²) in [5.74, 6) is -0.299. The van der Waals surface area contributed by atoms with Gasteiger partial charge in [-0.05, 0) is 24.6 Å². The highest BCUT2D eigenvalue weighted by Crippen LogP contribution is 2.29. The summed E-state index contributed by atoms with van der Waals surface area (Å²) in [6, 6.07) is 7.35. The van der Waals surface area contributed by atoms with Crippen molar-refractivity contribution in [2.75, 3.05) is 13.2 Å². The number of benzene rings is 1. The van der Waals surface area contributed by atoms with Crippen LogP contribution in [0.2, 0.25) is 0 Å². The molecule has 18 heavy (non-hydrogen) atoms. The zero-order chi connectivity index (χ0) is 13.2. The van der Waals surface area contributed by atoms with Crippen LogP contribution in [0.3, 0.4) is 0 Å². The van der Waals surface area contributed by atoms with Crippen molar-refractivity contribution in [1.29, 1.82) is 0 Å². The summed E-state index contributed by atoms with van der Waals surface area (Å²) in [5, 5.41) is 0. The lowest BCUT2D eigenvalue weighted by Crippen LogP contribution is -2.45. The minimum absolute atomic E-state index is 0.251. The molecule has 0 saturated carbocycles. The van der Waals surface area contributed by atoms with E-state index in [2.05, 4.69) is 15.9 Å². The van der Waals surface area contributed by atoms with Crippen LogP contribution >= 0.6 is 15.9 Å². The molecule has 0 radical (unpaired) electrons. The van der Waals surface area contributed by atoms with E-state index in [9.17, 15) is 4.79 Å². The average molecular weight is 314 g/mol. The maximum Gasteiger partial charge on any atom is 0.316 e. The van der Waals surface area contributed by atoms with Gasteiger partial charge in [-0.25, -0.2) is 0 Å². The van der Waals surface area contributed by atoms with Crippen molar-refractivity contribution in [2.45, 2.75) is 19.6 Å². The van der Waals surface area contributed by atoms with Gasteiger partial charge < -0.3 is 15.2 Å². The fourth-order valence-corrected chi connectivity index (χ4v) is 2.29. The second kappa shape index (κ2) is 5.38. The summed E-state index contributed by atoms with van der Waals surface area (Å²) >= 11 is 3.38. The van der Waals surface area contributed by atoms with E-state index in [0.717, 1.165) is 10.0 Å². The number of rotatable bonds is 3. The van der Waals surface area contributed by atoms with E-state index < -0.39 is 5.41 Å². The Morgan fingerprint density at radius 1 is 1.67 bits per heavy atom. The molecule has 1 aromatic rings. The number of ether oxygens (including phenoxy) is 2. The minimum Gasteiger partial charge on any atom is -0.460 e. The second-order valence-corrected chi connectivity index (χ2v) is 5.66. The summed E-state index contributed by atoms with van der Waals surface area (Å²) in [6.45, 7) is 2.77. The van der Waals surface area contributed by atoms with Crippen LogP contribution in [0.4, 0.5) is 0 Å². The normalized spacial score (nSPS) is 27.2. The third kappa shape index (κ3) is 2.74. The van der Waals surface area contributed by atoms with Crippen molar-refractivity contribution in [1.82, 2.24) is 0 Å². The van der Waals surface area contributed by atoms with Crippen LogP contribution in [-0.4, -0.2) is 25.2 Å². The molecule has 1 saturated heterocycles. The smallest absolute Gasteiger partial charge is 0.316 e. The molecular formula is C13H16BrNO3. The maximum atomic E-state index is 12.0. The van der Waals surface area contributed by atoms with Crippen LogP contribution in [0.25, 0.3) is 0 Å². The Balaban J connectivity index is 1.96. The van der Waals surface area contributed by atoms with Crippen molar-refractivity contribution >= 4 is 21.9 Å². The molecule has 2 unspecified atom stereocenters. The molecule has 98 valence electrons. The minimum atomic E-state index is -0.730. The Morgan fingerprint density at radius 2 is 2.44 bits per heavy atom. The fourth-order valence-electron chi connectivity index (χ4n) is 1.84. The summed E-state index contributed by atoms with van der Waals surface area (Å²) in [7, 11) is 0. The van der Waals surface area contributed by atoms with E-state index in [4.69, 9.17) is 15.2 Å². The highest BCUT2D eigenvalue weighted by Gasteiger charge is 2.45. The Kier molecular flexibility index (Phi) is 4.04. The zero-order valence-electron chi connectivity index (χ0n) is 10.2. The predicted molar refractivity (Wildman–Crippen MR) is 70.8 cm³/mol. The van der Waals surface area contributed by atoms with E-state index in [-0.39, 0.29) is 18.6 Å². The van der Waals surface area contributed by atoms with Gasteiger partial charge >= 0.3 is 5.97 Å². The first-order chi connectivity index (χ1) is 8.52. The molecule has 0 aromatic heterocycles. The van der Waals surface area contributed by atoms with E-state index in [0.29, 0.717) is 13.2 Å². The lowest BCUT2D eigenvalue weighted by atomic mass is 9.86. The van der Waals surface area contributed by atoms with Crippen molar-refractivity contribution < 1.29 is 14.3 Å². The SMILES string of the molecule is CC1(C(=O)OCc2cccc(Br)c2)COCC1N. The topological polar surface area (TPSA) is 61.5 Å². The molecule has 1 fully saturated rings. The zero-order valence-corrected chi connectivity index (χ0v) is 11.8. The summed E-state index contributed by atoms with van der Waals surface area (Å²) in [6.07, 6.45) is 0. The van der Waals surface area contributed by atoms with Gasteiger partial charge in [-0.3, -0.25) is 4.79 Å². The van der Waals surface area contributed by atoms with Crippen molar-refractivity contribution in [3.05, 3.63) is 34.3 Å². The number of carbonyl (C=O) groups is 1. The Morgan fingerprint density at radius 3 is 3.06 bits per heavy atom. The standard InChI is InChI=1S/C13H16BrNO3/c1-13(8-17-7-11(13)15)12(16)18-6-9-3-2-4-10(14)5-9/h2-5,11H,6-8,15H2,1H3. The first-order valence-electron chi connectivity index (χ1n) is 5.77. The average Bonchev–Trinajstić information content (AvgIpc) is 2.68. The lowest BCUT2D eigenvalue weighted by Gasteiger charge is -2.24. The van der Waals surface area contributed by atoms with Crippen molar-refractivity contribution in [3.8, 4) is 0 Å². The first kappa shape index (κ1) is 13.5. The van der Waals surface area contributed by atoms with Gasteiger partial charge in [0.15, 0.2) is 0 Å². The number of hydrogen-bond donors (Lipinski definition) is 1. The Bertz CT molecular complexity index is 452. The number of esters is 1. The van der Waals surface area contributed by atoms with Gasteiger partial charge in [0.2, 0.25) is 0 Å². The molecule has 5 heteroatoms. The molecule has 2 N–H and O–H groups in total. The Labute approximate surface area is 115 Å².